The molecule has 1 aliphatic rings. The quantitative estimate of drug-likeness (QED) is 0.868. The molecular formula is C15H27N3O2. The first-order valence-electron chi connectivity index (χ1n) is 7.85. The second-order valence-electron chi connectivity index (χ2n) is 6.25. The first kappa shape index (κ1) is 15.3. The third-order valence-corrected chi connectivity index (χ3v) is 3.99. The largest absolute Gasteiger partial charge is 0.408 e. The molecule has 1 saturated heterocycles. The molecule has 114 valence electrons. The molecule has 1 aromatic rings. The van der Waals surface area contributed by atoms with Crippen LogP contribution in [0, 0.1) is 11.8 Å². The van der Waals surface area contributed by atoms with Gasteiger partial charge in [0.15, 0.2) is 0 Å². The summed E-state index contributed by atoms with van der Waals surface area (Å²) in [6, 6.07) is 0.644. The summed E-state index contributed by atoms with van der Waals surface area (Å²) >= 11 is 0. The molecule has 0 aromatic carbocycles. The molecule has 5 heteroatoms. The van der Waals surface area contributed by atoms with Crippen LogP contribution in [0.15, 0.2) is 4.42 Å². The number of hydrogen-bond acceptors (Lipinski definition) is 5. The zero-order chi connectivity index (χ0) is 14.5. The van der Waals surface area contributed by atoms with Gasteiger partial charge in [-0.15, -0.1) is 5.10 Å². The molecule has 1 aromatic heterocycles. The Balaban J connectivity index is 1.84. The van der Waals surface area contributed by atoms with Crippen LogP contribution in [-0.2, 0) is 6.42 Å². The lowest BCUT2D eigenvalue weighted by Crippen LogP contribution is -2.38. The van der Waals surface area contributed by atoms with Crippen molar-refractivity contribution in [3.05, 3.63) is 5.89 Å². The monoisotopic (exact) mass is 281 g/mol. The number of hydrogen-bond donors (Lipinski definition) is 1. The summed E-state index contributed by atoms with van der Waals surface area (Å²) in [5.41, 5.74) is 0. The van der Waals surface area contributed by atoms with Gasteiger partial charge in [0.05, 0.1) is 6.10 Å². The summed E-state index contributed by atoms with van der Waals surface area (Å²) in [7, 11) is 0. The zero-order valence-electron chi connectivity index (χ0n) is 12.9. The molecule has 1 fully saturated rings. The van der Waals surface area contributed by atoms with E-state index in [1.54, 1.807) is 0 Å². The predicted molar refractivity (Wildman–Crippen MR) is 78.7 cm³/mol. The second-order valence-corrected chi connectivity index (χ2v) is 6.25. The van der Waals surface area contributed by atoms with Crippen molar-refractivity contribution < 1.29 is 9.52 Å². The van der Waals surface area contributed by atoms with E-state index < -0.39 is 0 Å². The van der Waals surface area contributed by atoms with Crippen LogP contribution in [0.3, 0.4) is 0 Å². The van der Waals surface area contributed by atoms with Crippen molar-refractivity contribution in [2.75, 3.05) is 18.0 Å². The first-order valence-corrected chi connectivity index (χ1v) is 7.85. The average Bonchev–Trinajstić information content (AvgIpc) is 2.87. The molecule has 1 aliphatic heterocycles. The van der Waals surface area contributed by atoms with Gasteiger partial charge in [0.25, 0.3) is 0 Å². The van der Waals surface area contributed by atoms with Gasteiger partial charge in [-0.2, -0.15) is 0 Å². The first-order chi connectivity index (χ1) is 9.60. The number of aryl methyl sites for hydroxylation is 1. The fourth-order valence-corrected chi connectivity index (χ4v) is 2.84. The molecule has 0 bridgehead atoms. The van der Waals surface area contributed by atoms with E-state index in [0.717, 1.165) is 51.1 Å². The lowest BCUT2D eigenvalue weighted by atomic mass is 9.87. The number of anilines is 1. The number of aliphatic hydroxyl groups excluding tert-OH is 1. The van der Waals surface area contributed by atoms with E-state index in [-0.39, 0.29) is 6.10 Å². The van der Waals surface area contributed by atoms with Crippen molar-refractivity contribution in [2.24, 2.45) is 11.8 Å². The molecule has 1 N–H and O–H groups in total. The van der Waals surface area contributed by atoms with Crippen molar-refractivity contribution in [1.29, 1.82) is 0 Å². The highest BCUT2D eigenvalue weighted by Gasteiger charge is 2.27. The SMILES string of the molecule is CCCc1nnc(N2CCC(C(O)CC(C)C)CC2)o1. The van der Waals surface area contributed by atoms with E-state index in [1.165, 1.54) is 0 Å². The Hall–Kier alpha value is -1.10. The summed E-state index contributed by atoms with van der Waals surface area (Å²) in [6.07, 6.45) is 4.59. The molecular weight excluding hydrogens is 254 g/mol. The van der Waals surface area contributed by atoms with Crippen LogP contribution < -0.4 is 4.90 Å². The maximum Gasteiger partial charge on any atom is 0.318 e. The third kappa shape index (κ3) is 3.95. The van der Waals surface area contributed by atoms with Crippen LogP contribution in [0.25, 0.3) is 0 Å². The highest BCUT2D eigenvalue weighted by molar-refractivity contribution is 5.24. The molecule has 1 atom stereocenters. The molecule has 1 unspecified atom stereocenters. The summed E-state index contributed by atoms with van der Waals surface area (Å²) in [5, 5.41) is 18.4. The van der Waals surface area contributed by atoms with Crippen molar-refractivity contribution in [2.45, 2.75) is 59.0 Å². The van der Waals surface area contributed by atoms with Crippen LogP contribution in [0.5, 0.6) is 0 Å². The lowest BCUT2D eigenvalue weighted by molar-refractivity contribution is 0.0729. The Bertz CT molecular complexity index is 398. The number of rotatable bonds is 6. The Labute approximate surface area is 121 Å². The minimum Gasteiger partial charge on any atom is -0.408 e. The fourth-order valence-electron chi connectivity index (χ4n) is 2.84. The number of piperidine rings is 1. The van der Waals surface area contributed by atoms with Gasteiger partial charge in [0.1, 0.15) is 0 Å². The van der Waals surface area contributed by atoms with Crippen molar-refractivity contribution in [3.8, 4) is 0 Å². The van der Waals surface area contributed by atoms with Gasteiger partial charge in [0, 0.05) is 19.5 Å². The van der Waals surface area contributed by atoms with Crippen LogP contribution in [-0.4, -0.2) is 34.5 Å². The van der Waals surface area contributed by atoms with E-state index in [2.05, 4.69) is 35.9 Å². The van der Waals surface area contributed by atoms with Crippen molar-refractivity contribution >= 4 is 6.01 Å². The van der Waals surface area contributed by atoms with Gasteiger partial charge in [-0.25, -0.2) is 0 Å². The Morgan fingerprint density at radius 3 is 2.60 bits per heavy atom. The molecule has 5 nitrogen and oxygen atoms in total. The predicted octanol–water partition coefficient (Wildman–Crippen LogP) is 2.65. The van der Waals surface area contributed by atoms with Crippen LogP contribution in [0.4, 0.5) is 6.01 Å². The highest BCUT2D eigenvalue weighted by Crippen LogP contribution is 2.27. The van der Waals surface area contributed by atoms with Gasteiger partial charge in [-0.05, 0) is 37.5 Å². The molecule has 0 radical (unpaired) electrons. The standard InChI is InChI=1S/C15H27N3O2/c1-4-5-14-16-17-15(20-14)18-8-6-12(7-9-18)13(19)10-11(2)3/h11-13,19H,4-10H2,1-3H3. The summed E-state index contributed by atoms with van der Waals surface area (Å²) in [4.78, 5) is 2.14. The maximum absolute atomic E-state index is 10.2. The van der Waals surface area contributed by atoms with Gasteiger partial charge >= 0.3 is 6.01 Å². The second kappa shape index (κ2) is 7.07. The van der Waals surface area contributed by atoms with E-state index in [0.29, 0.717) is 17.9 Å². The van der Waals surface area contributed by atoms with Crippen LogP contribution in [0.2, 0.25) is 0 Å². The fraction of sp³-hybridized carbons (Fsp3) is 0.867. The molecule has 2 heterocycles. The zero-order valence-corrected chi connectivity index (χ0v) is 12.9. The van der Waals surface area contributed by atoms with Gasteiger partial charge in [0.2, 0.25) is 5.89 Å². The molecule has 0 aliphatic carbocycles. The van der Waals surface area contributed by atoms with Gasteiger partial charge in [-0.3, -0.25) is 0 Å². The Morgan fingerprint density at radius 2 is 2.00 bits per heavy atom. The maximum atomic E-state index is 10.2. The summed E-state index contributed by atoms with van der Waals surface area (Å²) in [6.45, 7) is 8.21. The molecule has 2 rings (SSSR count). The molecule has 0 amide bonds. The van der Waals surface area contributed by atoms with E-state index in [1.807, 2.05) is 0 Å². The third-order valence-electron chi connectivity index (χ3n) is 3.99. The van der Waals surface area contributed by atoms with Crippen molar-refractivity contribution in [3.63, 3.8) is 0 Å². The van der Waals surface area contributed by atoms with Gasteiger partial charge in [-0.1, -0.05) is 25.9 Å². The number of nitrogens with zero attached hydrogens (tertiary/aromatic N) is 3. The minimum atomic E-state index is -0.171. The average molecular weight is 281 g/mol. The smallest absolute Gasteiger partial charge is 0.318 e. The minimum absolute atomic E-state index is 0.171. The molecule has 20 heavy (non-hydrogen) atoms. The van der Waals surface area contributed by atoms with E-state index in [4.69, 9.17) is 4.42 Å². The van der Waals surface area contributed by atoms with Crippen molar-refractivity contribution in [1.82, 2.24) is 10.2 Å². The van der Waals surface area contributed by atoms with E-state index in [9.17, 15) is 5.11 Å². The Kier molecular flexibility index (Phi) is 5.40. The summed E-state index contributed by atoms with van der Waals surface area (Å²) in [5.74, 6) is 1.69. The summed E-state index contributed by atoms with van der Waals surface area (Å²) < 4.78 is 5.67. The number of aliphatic hydroxyl groups is 1. The lowest BCUT2D eigenvalue weighted by Gasteiger charge is -2.33. The van der Waals surface area contributed by atoms with Gasteiger partial charge < -0.3 is 14.4 Å². The highest BCUT2D eigenvalue weighted by atomic mass is 16.4. The Morgan fingerprint density at radius 1 is 1.30 bits per heavy atom. The van der Waals surface area contributed by atoms with Crippen LogP contribution in [0.1, 0.15) is 52.3 Å². The topological polar surface area (TPSA) is 62.4 Å². The normalized spacial score (nSPS) is 18.8. The van der Waals surface area contributed by atoms with E-state index >= 15 is 0 Å². The molecule has 0 spiro atoms. The molecule has 0 saturated carbocycles. The number of aromatic nitrogens is 2. The van der Waals surface area contributed by atoms with Crippen LogP contribution >= 0.6 is 0 Å².